The number of rotatable bonds is 9. The number of hydrogen-bond donors (Lipinski definition) is 1. The van der Waals surface area contributed by atoms with Gasteiger partial charge in [-0.05, 0) is 63.1 Å². The minimum absolute atomic E-state index is 0.523. The Hall–Kier alpha value is -0.670. The van der Waals surface area contributed by atoms with Gasteiger partial charge in [0.1, 0.15) is 5.75 Å². The largest absolute Gasteiger partial charge is 0.496 e. The van der Waals surface area contributed by atoms with Gasteiger partial charge in [-0.15, -0.1) is 0 Å². The number of methoxy groups -OCH3 is 1. The summed E-state index contributed by atoms with van der Waals surface area (Å²) in [5.41, 5.74) is 1.29. The van der Waals surface area contributed by atoms with Crippen LogP contribution in [0.5, 0.6) is 5.75 Å². The normalized spacial score (nSPS) is 14.3. The maximum absolute atomic E-state index is 5.43. The van der Waals surface area contributed by atoms with Crippen LogP contribution in [0.4, 0.5) is 0 Å². The minimum Gasteiger partial charge on any atom is -0.496 e. The molecule has 0 fully saturated rings. The lowest BCUT2D eigenvalue weighted by Crippen LogP contribution is -2.32. The molecule has 0 amide bonds. The summed E-state index contributed by atoms with van der Waals surface area (Å²) in [6.45, 7) is 5.75. The van der Waals surface area contributed by atoms with Crippen molar-refractivity contribution in [3.05, 3.63) is 29.8 Å². The van der Waals surface area contributed by atoms with Crippen LogP contribution in [-0.2, 0) is 6.42 Å². The van der Waals surface area contributed by atoms with Crippen molar-refractivity contribution in [3.8, 4) is 5.75 Å². The van der Waals surface area contributed by atoms with Crippen molar-refractivity contribution in [2.45, 2.75) is 39.2 Å². The number of benzene rings is 1. The lowest BCUT2D eigenvalue weighted by Gasteiger charge is -2.26. The SMILES string of the molecule is COc1ccccc1CC(C)N(C)CCC(C)CCS. The van der Waals surface area contributed by atoms with Crippen LogP contribution in [0.3, 0.4) is 0 Å². The van der Waals surface area contributed by atoms with Gasteiger partial charge >= 0.3 is 0 Å². The number of likely N-dealkylation sites (N-methyl/N-ethyl adjacent to an activating group) is 1. The molecule has 0 aliphatic rings. The second-order valence-corrected chi connectivity index (χ2v) is 6.20. The van der Waals surface area contributed by atoms with E-state index >= 15 is 0 Å². The van der Waals surface area contributed by atoms with Crippen molar-refractivity contribution in [1.29, 1.82) is 0 Å². The summed E-state index contributed by atoms with van der Waals surface area (Å²) >= 11 is 4.31. The standard InChI is InChI=1S/C17H29NOS/c1-14(10-12-20)9-11-18(3)15(2)13-16-7-5-6-8-17(16)19-4/h5-8,14-15,20H,9-13H2,1-4H3. The molecule has 1 aromatic carbocycles. The Morgan fingerprint density at radius 2 is 1.90 bits per heavy atom. The zero-order chi connectivity index (χ0) is 15.0. The molecule has 0 aliphatic heterocycles. The van der Waals surface area contributed by atoms with Gasteiger partial charge in [0, 0.05) is 6.04 Å². The first-order chi connectivity index (χ1) is 9.58. The molecule has 114 valence electrons. The molecule has 3 heteroatoms. The lowest BCUT2D eigenvalue weighted by molar-refractivity contribution is 0.237. The molecule has 0 radical (unpaired) electrons. The summed E-state index contributed by atoms with van der Waals surface area (Å²) in [6.07, 6.45) is 3.48. The van der Waals surface area contributed by atoms with Crippen LogP contribution in [0.1, 0.15) is 32.3 Å². The highest BCUT2D eigenvalue weighted by Crippen LogP contribution is 2.20. The van der Waals surface area contributed by atoms with E-state index in [1.807, 2.05) is 12.1 Å². The van der Waals surface area contributed by atoms with Crippen LogP contribution in [0.25, 0.3) is 0 Å². The highest BCUT2D eigenvalue weighted by Gasteiger charge is 2.13. The van der Waals surface area contributed by atoms with E-state index in [1.165, 1.54) is 18.4 Å². The van der Waals surface area contributed by atoms with Gasteiger partial charge in [0.2, 0.25) is 0 Å². The number of thiol groups is 1. The first kappa shape index (κ1) is 17.4. The fourth-order valence-electron chi connectivity index (χ4n) is 2.35. The van der Waals surface area contributed by atoms with E-state index in [9.17, 15) is 0 Å². The molecule has 0 bridgehead atoms. The Morgan fingerprint density at radius 3 is 2.55 bits per heavy atom. The van der Waals surface area contributed by atoms with Crippen LogP contribution >= 0.6 is 12.6 Å². The van der Waals surface area contributed by atoms with E-state index in [0.717, 1.165) is 30.4 Å². The van der Waals surface area contributed by atoms with Crippen LogP contribution < -0.4 is 4.74 Å². The fraction of sp³-hybridized carbons (Fsp3) is 0.647. The summed E-state index contributed by atoms with van der Waals surface area (Å²) in [5.74, 6) is 2.74. The molecule has 0 aliphatic carbocycles. The van der Waals surface area contributed by atoms with Crippen molar-refractivity contribution < 1.29 is 4.74 Å². The summed E-state index contributed by atoms with van der Waals surface area (Å²) in [5, 5.41) is 0. The molecule has 0 aromatic heterocycles. The second-order valence-electron chi connectivity index (χ2n) is 5.75. The zero-order valence-electron chi connectivity index (χ0n) is 13.3. The Kier molecular flexibility index (Phi) is 8.08. The average Bonchev–Trinajstić information content (AvgIpc) is 2.45. The molecule has 2 nitrogen and oxygen atoms in total. The smallest absolute Gasteiger partial charge is 0.122 e. The summed E-state index contributed by atoms with van der Waals surface area (Å²) in [4.78, 5) is 2.45. The maximum Gasteiger partial charge on any atom is 0.122 e. The number of hydrogen-bond acceptors (Lipinski definition) is 3. The monoisotopic (exact) mass is 295 g/mol. The number of para-hydroxylation sites is 1. The average molecular weight is 295 g/mol. The molecule has 0 saturated heterocycles. The Bertz CT molecular complexity index is 383. The van der Waals surface area contributed by atoms with Crippen molar-refractivity contribution in [2.75, 3.05) is 26.5 Å². The summed E-state index contributed by atoms with van der Waals surface area (Å²) < 4.78 is 5.43. The van der Waals surface area contributed by atoms with Crippen molar-refractivity contribution in [1.82, 2.24) is 4.90 Å². The molecule has 2 unspecified atom stereocenters. The molecule has 20 heavy (non-hydrogen) atoms. The molecule has 0 heterocycles. The Labute approximate surface area is 129 Å². The third kappa shape index (κ3) is 5.76. The van der Waals surface area contributed by atoms with Crippen LogP contribution in [0.2, 0.25) is 0 Å². The van der Waals surface area contributed by atoms with Crippen LogP contribution in [-0.4, -0.2) is 37.4 Å². The van der Waals surface area contributed by atoms with E-state index in [-0.39, 0.29) is 0 Å². The minimum atomic E-state index is 0.523. The van der Waals surface area contributed by atoms with E-state index in [0.29, 0.717) is 6.04 Å². The van der Waals surface area contributed by atoms with Crippen LogP contribution in [0, 0.1) is 5.92 Å². The second kappa shape index (κ2) is 9.30. The maximum atomic E-state index is 5.43. The van der Waals surface area contributed by atoms with Gasteiger partial charge in [0.05, 0.1) is 7.11 Å². The summed E-state index contributed by atoms with van der Waals surface area (Å²) in [6, 6.07) is 8.83. The molecular weight excluding hydrogens is 266 g/mol. The van der Waals surface area contributed by atoms with Crippen molar-refractivity contribution >= 4 is 12.6 Å². The zero-order valence-corrected chi connectivity index (χ0v) is 14.2. The topological polar surface area (TPSA) is 12.5 Å². The number of nitrogens with zero attached hydrogens (tertiary/aromatic N) is 1. The highest BCUT2D eigenvalue weighted by atomic mass is 32.1. The molecule has 0 saturated carbocycles. The van der Waals surface area contributed by atoms with Crippen LogP contribution in [0.15, 0.2) is 24.3 Å². The quantitative estimate of drug-likeness (QED) is 0.694. The molecule has 1 aromatic rings. The van der Waals surface area contributed by atoms with Gasteiger partial charge in [-0.1, -0.05) is 25.1 Å². The van der Waals surface area contributed by atoms with E-state index in [2.05, 4.69) is 50.6 Å². The van der Waals surface area contributed by atoms with Gasteiger partial charge in [-0.2, -0.15) is 12.6 Å². The van der Waals surface area contributed by atoms with E-state index < -0.39 is 0 Å². The van der Waals surface area contributed by atoms with Gasteiger partial charge < -0.3 is 9.64 Å². The third-order valence-corrected chi connectivity index (χ3v) is 4.31. The molecule has 0 spiro atoms. The highest BCUT2D eigenvalue weighted by molar-refractivity contribution is 7.80. The summed E-state index contributed by atoms with van der Waals surface area (Å²) in [7, 11) is 3.96. The van der Waals surface area contributed by atoms with Crippen molar-refractivity contribution in [2.24, 2.45) is 5.92 Å². The van der Waals surface area contributed by atoms with Gasteiger partial charge in [-0.25, -0.2) is 0 Å². The van der Waals surface area contributed by atoms with Gasteiger partial charge in [-0.3, -0.25) is 0 Å². The molecule has 1 rings (SSSR count). The van der Waals surface area contributed by atoms with Gasteiger partial charge in [0.15, 0.2) is 0 Å². The van der Waals surface area contributed by atoms with E-state index in [1.54, 1.807) is 7.11 Å². The van der Waals surface area contributed by atoms with E-state index in [4.69, 9.17) is 4.74 Å². The Morgan fingerprint density at radius 1 is 1.20 bits per heavy atom. The molecular formula is C17H29NOS. The first-order valence-electron chi connectivity index (χ1n) is 7.51. The first-order valence-corrected chi connectivity index (χ1v) is 8.14. The predicted molar refractivity (Wildman–Crippen MR) is 91.0 cm³/mol. The molecule has 0 N–H and O–H groups in total. The predicted octanol–water partition coefficient (Wildman–Crippen LogP) is 3.90. The van der Waals surface area contributed by atoms with Gasteiger partial charge in [0.25, 0.3) is 0 Å². The third-order valence-electron chi connectivity index (χ3n) is 4.06. The van der Waals surface area contributed by atoms with Crippen molar-refractivity contribution in [3.63, 3.8) is 0 Å². The fourth-order valence-corrected chi connectivity index (χ4v) is 2.80. The number of ether oxygens (including phenoxy) is 1. The Balaban J connectivity index is 2.46. The molecule has 2 atom stereocenters. The lowest BCUT2D eigenvalue weighted by atomic mass is 10.0.